The number of rotatable bonds is 9. The van der Waals surface area contributed by atoms with Gasteiger partial charge in [0, 0.05) is 30.7 Å². The van der Waals surface area contributed by atoms with Gasteiger partial charge in [-0.3, -0.25) is 4.90 Å². The molecule has 0 spiro atoms. The predicted octanol–water partition coefficient (Wildman–Crippen LogP) is 2.55. The molecule has 0 saturated heterocycles. The minimum atomic E-state index is 0.493. The van der Waals surface area contributed by atoms with Crippen LogP contribution in [0, 0.1) is 0 Å². The van der Waals surface area contributed by atoms with Crippen molar-refractivity contribution in [1.82, 2.24) is 15.1 Å². The summed E-state index contributed by atoms with van der Waals surface area (Å²) in [5, 5.41) is 3.45. The van der Waals surface area contributed by atoms with Crippen LogP contribution in [0.15, 0.2) is 16.7 Å². The fraction of sp³-hybridized carbons (Fsp3) is 0.750. The van der Waals surface area contributed by atoms with Crippen LogP contribution in [0.4, 0.5) is 0 Å². The first-order valence-electron chi connectivity index (χ1n) is 7.61. The SMILES string of the molecule is CCN(Cc1occc1CNC(C)C)C(C)CN(C)C. The second kappa shape index (κ2) is 8.45. The molecule has 1 N–H and O–H groups in total. The van der Waals surface area contributed by atoms with E-state index in [1.165, 1.54) is 5.56 Å². The maximum atomic E-state index is 5.69. The molecule has 0 aromatic carbocycles. The van der Waals surface area contributed by atoms with Crippen molar-refractivity contribution in [3.8, 4) is 0 Å². The summed E-state index contributed by atoms with van der Waals surface area (Å²) in [6.45, 7) is 12.7. The summed E-state index contributed by atoms with van der Waals surface area (Å²) in [6.07, 6.45) is 1.80. The first kappa shape index (κ1) is 17.2. The summed E-state index contributed by atoms with van der Waals surface area (Å²) in [7, 11) is 4.24. The molecule has 0 aliphatic rings. The Morgan fingerprint density at radius 3 is 2.50 bits per heavy atom. The molecule has 0 bridgehead atoms. The van der Waals surface area contributed by atoms with Crippen LogP contribution in [0.1, 0.15) is 39.0 Å². The fourth-order valence-electron chi connectivity index (χ4n) is 2.39. The summed E-state index contributed by atoms with van der Waals surface area (Å²) < 4.78 is 5.69. The molecule has 0 fully saturated rings. The van der Waals surface area contributed by atoms with Crippen LogP contribution in [-0.4, -0.2) is 49.1 Å². The van der Waals surface area contributed by atoms with Gasteiger partial charge >= 0.3 is 0 Å². The van der Waals surface area contributed by atoms with Crippen molar-refractivity contribution in [2.24, 2.45) is 0 Å². The van der Waals surface area contributed by atoms with Crippen molar-refractivity contribution in [1.29, 1.82) is 0 Å². The van der Waals surface area contributed by atoms with Crippen LogP contribution in [0.3, 0.4) is 0 Å². The average molecular weight is 281 g/mol. The molecule has 1 atom stereocenters. The Bertz CT molecular complexity index is 374. The first-order valence-corrected chi connectivity index (χ1v) is 7.61. The van der Waals surface area contributed by atoms with Gasteiger partial charge in [-0.25, -0.2) is 0 Å². The Morgan fingerprint density at radius 1 is 1.25 bits per heavy atom. The highest BCUT2D eigenvalue weighted by atomic mass is 16.3. The average Bonchev–Trinajstić information content (AvgIpc) is 2.79. The van der Waals surface area contributed by atoms with Crippen molar-refractivity contribution >= 4 is 0 Å². The van der Waals surface area contributed by atoms with Crippen LogP contribution in [0.5, 0.6) is 0 Å². The zero-order chi connectivity index (χ0) is 15.1. The number of furan rings is 1. The summed E-state index contributed by atoms with van der Waals surface area (Å²) in [4.78, 5) is 4.69. The Kier molecular flexibility index (Phi) is 7.27. The molecule has 20 heavy (non-hydrogen) atoms. The van der Waals surface area contributed by atoms with Crippen LogP contribution in [0.2, 0.25) is 0 Å². The smallest absolute Gasteiger partial charge is 0.122 e. The van der Waals surface area contributed by atoms with Crippen molar-refractivity contribution in [2.45, 2.75) is 52.9 Å². The third-order valence-electron chi connectivity index (χ3n) is 3.54. The van der Waals surface area contributed by atoms with Crippen LogP contribution >= 0.6 is 0 Å². The second-order valence-corrected chi connectivity index (χ2v) is 6.08. The van der Waals surface area contributed by atoms with Crippen molar-refractivity contribution in [3.05, 3.63) is 23.7 Å². The van der Waals surface area contributed by atoms with Crippen LogP contribution in [-0.2, 0) is 13.1 Å². The monoisotopic (exact) mass is 281 g/mol. The molecule has 0 radical (unpaired) electrons. The Hall–Kier alpha value is -0.840. The van der Waals surface area contributed by atoms with E-state index in [4.69, 9.17) is 4.42 Å². The molecule has 0 saturated carbocycles. The van der Waals surface area contributed by atoms with Gasteiger partial charge in [-0.15, -0.1) is 0 Å². The molecule has 116 valence electrons. The predicted molar refractivity (Wildman–Crippen MR) is 84.8 cm³/mol. The lowest BCUT2D eigenvalue weighted by atomic mass is 10.2. The van der Waals surface area contributed by atoms with E-state index < -0.39 is 0 Å². The summed E-state index contributed by atoms with van der Waals surface area (Å²) in [6, 6.07) is 3.09. The van der Waals surface area contributed by atoms with E-state index in [2.05, 4.69) is 63.0 Å². The summed E-state index contributed by atoms with van der Waals surface area (Å²) in [5.41, 5.74) is 1.27. The van der Waals surface area contributed by atoms with E-state index in [0.717, 1.165) is 31.9 Å². The number of hydrogen-bond acceptors (Lipinski definition) is 4. The lowest BCUT2D eigenvalue weighted by molar-refractivity contribution is 0.162. The standard InChI is InChI=1S/C16H31N3O/c1-7-19(14(4)11-18(5)6)12-16-15(8-9-20-16)10-17-13(2)3/h8-9,13-14,17H,7,10-12H2,1-6H3. The van der Waals surface area contributed by atoms with Gasteiger partial charge < -0.3 is 14.6 Å². The van der Waals surface area contributed by atoms with Crippen LogP contribution < -0.4 is 5.32 Å². The van der Waals surface area contributed by atoms with Crippen molar-refractivity contribution in [3.63, 3.8) is 0 Å². The van der Waals surface area contributed by atoms with E-state index >= 15 is 0 Å². The molecule has 1 aromatic rings. The molecular weight excluding hydrogens is 250 g/mol. The van der Waals surface area contributed by atoms with Gasteiger partial charge in [-0.1, -0.05) is 20.8 Å². The normalized spacial score (nSPS) is 13.7. The Labute approximate surface area is 124 Å². The molecule has 0 aliphatic carbocycles. The van der Waals surface area contributed by atoms with Crippen molar-refractivity contribution in [2.75, 3.05) is 27.2 Å². The zero-order valence-electron chi connectivity index (χ0n) is 13.9. The number of hydrogen-bond donors (Lipinski definition) is 1. The highest BCUT2D eigenvalue weighted by Crippen LogP contribution is 2.15. The molecule has 1 unspecified atom stereocenters. The van der Waals surface area contributed by atoms with E-state index in [9.17, 15) is 0 Å². The van der Waals surface area contributed by atoms with Gasteiger partial charge in [0.2, 0.25) is 0 Å². The molecule has 4 nitrogen and oxygen atoms in total. The minimum absolute atomic E-state index is 0.493. The van der Waals surface area contributed by atoms with Gasteiger partial charge in [-0.05, 0) is 33.6 Å². The van der Waals surface area contributed by atoms with Gasteiger partial charge in [0.15, 0.2) is 0 Å². The molecule has 4 heteroatoms. The van der Waals surface area contributed by atoms with E-state index in [0.29, 0.717) is 12.1 Å². The van der Waals surface area contributed by atoms with Crippen LogP contribution in [0.25, 0.3) is 0 Å². The van der Waals surface area contributed by atoms with E-state index in [-0.39, 0.29) is 0 Å². The number of nitrogens with one attached hydrogen (secondary N) is 1. The molecule has 1 aromatic heterocycles. The van der Waals surface area contributed by atoms with Crippen molar-refractivity contribution < 1.29 is 4.42 Å². The molecule has 1 heterocycles. The third-order valence-corrected chi connectivity index (χ3v) is 3.54. The first-order chi connectivity index (χ1) is 9.43. The molecule has 0 amide bonds. The van der Waals surface area contributed by atoms with Gasteiger partial charge in [0.25, 0.3) is 0 Å². The summed E-state index contributed by atoms with van der Waals surface area (Å²) in [5.74, 6) is 1.09. The zero-order valence-corrected chi connectivity index (χ0v) is 13.9. The Morgan fingerprint density at radius 2 is 1.95 bits per heavy atom. The van der Waals surface area contributed by atoms with Gasteiger partial charge in [0.05, 0.1) is 12.8 Å². The lowest BCUT2D eigenvalue weighted by Gasteiger charge is -2.29. The maximum absolute atomic E-state index is 5.69. The highest BCUT2D eigenvalue weighted by Gasteiger charge is 2.16. The third kappa shape index (κ3) is 5.65. The van der Waals surface area contributed by atoms with E-state index in [1.807, 2.05) is 0 Å². The largest absolute Gasteiger partial charge is 0.468 e. The minimum Gasteiger partial charge on any atom is -0.468 e. The molecule has 1 rings (SSSR count). The topological polar surface area (TPSA) is 31.7 Å². The van der Waals surface area contributed by atoms with Gasteiger partial charge in [0.1, 0.15) is 5.76 Å². The molecule has 0 aliphatic heterocycles. The Balaban J connectivity index is 2.63. The second-order valence-electron chi connectivity index (χ2n) is 6.08. The quantitative estimate of drug-likeness (QED) is 0.754. The van der Waals surface area contributed by atoms with Gasteiger partial charge in [-0.2, -0.15) is 0 Å². The molecular formula is C16H31N3O. The number of nitrogens with zero attached hydrogens (tertiary/aromatic N) is 2. The highest BCUT2D eigenvalue weighted by molar-refractivity contribution is 5.17. The fourth-order valence-corrected chi connectivity index (χ4v) is 2.39. The summed E-state index contributed by atoms with van der Waals surface area (Å²) >= 11 is 0. The maximum Gasteiger partial charge on any atom is 0.122 e. The number of likely N-dealkylation sites (N-methyl/N-ethyl adjacent to an activating group) is 2. The van der Waals surface area contributed by atoms with E-state index in [1.54, 1.807) is 6.26 Å². The lowest BCUT2D eigenvalue weighted by Crippen LogP contribution is -2.39.